The number of benzene rings is 2. The zero-order valence-electron chi connectivity index (χ0n) is 21.7. The maximum absolute atomic E-state index is 10.1. The lowest BCUT2D eigenvalue weighted by Crippen LogP contribution is -2.19. The molecule has 0 fully saturated rings. The van der Waals surface area contributed by atoms with E-state index in [0.29, 0.717) is 33.7 Å². The second kappa shape index (κ2) is 10.2. The van der Waals surface area contributed by atoms with E-state index in [9.17, 15) is 10.4 Å². The lowest BCUT2D eigenvalue weighted by atomic mass is 9.97. The van der Waals surface area contributed by atoms with Crippen molar-refractivity contribution in [3.63, 3.8) is 0 Å². The van der Waals surface area contributed by atoms with Crippen LogP contribution in [0.25, 0.3) is 33.4 Å². The Morgan fingerprint density at radius 3 is 2.56 bits per heavy atom. The van der Waals surface area contributed by atoms with Crippen LogP contribution in [0.15, 0.2) is 73.2 Å². The van der Waals surface area contributed by atoms with Crippen LogP contribution in [0, 0.1) is 18.3 Å². The van der Waals surface area contributed by atoms with Crippen LogP contribution in [-0.4, -0.2) is 35.8 Å². The second-order valence-electron chi connectivity index (χ2n) is 9.12. The Bertz CT molecular complexity index is 1750. The van der Waals surface area contributed by atoms with Crippen LogP contribution >= 0.6 is 0 Å². The van der Waals surface area contributed by atoms with Gasteiger partial charge in [-0.05, 0) is 60.9 Å². The predicted octanol–water partition coefficient (Wildman–Crippen LogP) is 4.95. The standard InChI is InChI=1S/C29H26N8O2/c1-16(2)28(38)36-21-8-5-18(6-9-21)25-23(24-26(31)33-15-34-27(24)37(25)4)19-7-10-22(20(13-19)14-30)39-29-32-12-11-17(3)35-29/h5-13,15,28,36,38H,1H2,2-4H3,(H2,31,33,34). The first-order chi connectivity index (χ1) is 18.8. The largest absolute Gasteiger partial charge is 0.423 e. The molecule has 39 heavy (non-hydrogen) atoms. The van der Waals surface area contributed by atoms with E-state index in [2.05, 4.69) is 37.9 Å². The van der Waals surface area contributed by atoms with Gasteiger partial charge in [0, 0.05) is 30.2 Å². The van der Waals surface area contributed by atoms with Crippen molar-refractivity contribution < 1.29 is 9.84 Å². The van der Waals surface area contributed by atoms with Crippen LogP contribution in [0.1, 0.15) is 18.2 Å². The van der Waals surface area contributed by atoms with Crippen LogP contribution in [0.5, 0.6) is 11.8 Å². The number of nitriles is 1. The number of nitrogens with two attached hydrogens (primary N) is 1. The van der Waals surface area contributed by atoms with Crippen molar-refractivity contribution in [1.29, 1.82) is 5.26 Å². The summed E-state index contributed by atoms with van der Waals surface area (Å²) in [4.78, 5) is 17.1. The first kappa shape index (κ1) is 25.4. The number of nitrogen functional groups attached to an aromatic ring is 1. The highest BCUT2D eigenvalue weighted by Crippen LogP contribution is 2.43. The van der Waals surface area contributed by atoms with E-state index >= 15 is 0 Å². The lowest BCUT2D eigenvalue weighted by Gasteiger charge is -2.15. The first-order valence-corrected chi connectivity index (χ1v) is 12.1. The molecule has 10 nitrogen and oxygen atoms in total. The van der Waals surface area contributed by atoms with Crippen LogP contribution in [0.2, 0.25) is 0 Å². The molecular formula is C29H26N8O2. The van der Waals surface area contributed by atoms with Crippen molar-refractivity contribution in [2.45, 2.75) is 20.1 Å². The summed E-state index contributed by atoms with van der Waals surface area (Å²) in [6.07, 6.45) is 2.18. The molecule has 1 unspecified atom stereocenters. The maximum atomic E-state index is 10.1. The van der Waals surface area contributed by atoms with Gasteiger partial charge in [0.05, 0.1) is 16.6 Å². The van der Waals surface area contributed by atoms with Gasteiger partial charge in [-0.1, -0.05) is 24.8 Å². The molecule has 1 atom stereocenters. The Balaban J connectivity index is 1.64. The minimum absolute atomic E-state index is 0.160. The molecule has 0 bridgehead atoms. The van der Waals surface area contributed by atoms with E-state index in [4.69, 9.17) is 10.5 Å². The summed E-state index contributed by atoms with van der Waals surface area (Å²) in [5.74, 6) is 0.663. The molecule has 0 saturated heterocycles. The molecule has 5 rings (SSSR count). The Morgan fingerprint density at radius 1 is 1.13 bits per heavy atom. The molecule has 0 aliphatic carbocycles. The minimum Gasteiger partial charge on any atom is -0.423 e. The highest BCUT2D eigenvalue weighted by Gasteiger charge is 2.23. The van der Waals surface area contributed by atoms with Crippen molar-refractivity contribution in [3.05, 3.63) is 84.5 Å². The fraction of sp³-hybridized carbons (Fsp3) is 0.138. The van der Waals surface area contributed by atoms with Crippen molar-refractivity contribution in [1.82, 2.24) is 24.5 Å². The number of rotatable bonds is 7. The van der Waals surface area contributed by atoms with E-state index in [1.54, 1.807) is 31.3 Å². The van der Waals surface area contributed by atoms with Crippen LogP contribution < -0.4 is 15.8 Å². The number of hydrogen-bond donors (Lipinski definition) is 3. The highest BCUT2D eigenvalue weighted by atomic mass is 16.5. The molecule has 194 valence electrons. The van der Waals surface area contributed by atoms with Gasteiger partial charge in [0.2, 0.25) is 0 Å². The van der Waals surface area contributed by atoms with Gasteiger partial charge < -0.3 is 25.5 Å². The molecule has 4 N–H and O–H groups in total. The fourth-order valence-corrected chi connectivity index (χ4v) is 4.34. The third kappa shape index (κ3) is 4.86. The molecule has 0 spiro atoms. The third-order valence-electron chi connectivity index (χ3n) is 6.29. The summed E-state index contributed by atoms with van der Waals surface area (Å²) in [5.41, 5.74) is 12.7. The zero-order chi connectivity index (χ0) is 27.7. The monoisotopic (exact) mass is 518 g/mol. The lowest BCUT2D eigenvalue weighted by molar-refractivity contribution is 0.240. The molecule has 0 aliphatic heterocycles. The number of hydrogen-bond acceptors (Lipinski definition) is 9. The molecule has 0 amide bonds. The smallest absolute Gasteiger partial charge is 0.322 e. The van der Waals surface area contributed by atoms with Crippen LogP contribution in [0.4, 0.5) is 11.5 Å². The SMILES string of the molecule is C=C(C)C(O)Nc1ccc(-c2c(-c3ccc(Oc4nccc(C)n4)c(C#N)c3)c3c(N)ncnc3n2C)cc1. The maximum Gasteiger partial charge on any atom is 0.322 e. The number of fused-ring (bicyclic) bond motifs is 1. The number of aryl methyl sites for hydroxylation is 2. The van der Waals surface area contributed by atoms with E-state index in [-0.39, 0.29) is 6.01 Å². The topological polar surface area (TPSA) is 148 Å². The molecule has 2 aromatic carbocycles. The second-order valence-corrected chi connectivity index (χ2v) is 9.12. The van der Waals surface area contributed by atoms with Gasteiger partial charge in [0.1, 0.15) is 35.8 Å². The van der Waals surface area contributed by atoms with Gasteiger partial charge >= 0.3 is 6.01 Å². The van der Waals surface area contributed by atoms with Crippen molar-refractivity contribution in [2.75, 3.05) is 11.1 Å². The number of nitrogens with one attached hydrogen (secondary N) is 1. The number of nitrogens with zero attached hydrogens (tertiary/aromatic N) is 6. The highest BCUT2D eigenvalue weighted by molar-refractivity contribution is 6.08. The Labute approximate surface area is 225 Å². The summed E-state index contributed by atoms with van der Waals surface area (Å²) < 4.78 is 7.78. The number of aliphatic hydroxyl groups excluding tert-OH is 1. The van der Waals surface area contributed by atoms with Gasteiger partial charge in [-0.15, -0.1) is 0 Å². The average molecular weight is 519 g/mol. The van der Waals surface area contributed by atoms with Crippen LogP contribution in [0.3, 0.4) is 0 Å². The van der Waals surface area contributed by atoms with Gasteiger partial charge in [-0.25, -0.2) is 19.9 Å². The van der Waals surface area contributed by atoms with E-state index in [1.807, 2.05) is 48.9 Å². The number of aromatic nitrogens is 5. The van der Waals surface area contributed by atoms with E-state index in [1.165, 1.54) is 6.33 Å². The summed E-state index contributed by atoms with van der Waals surface area (Å²) in [5, 5.41) is 23.8. The molecule has 0 aliphatic rings. The normalized spacial score (nSPS) is 11.7. The van der Waals surface area contributed by atoms with Crippen molar-refractivity contribution in [2.24, 2.45) is 7.05 Å². The first-order valence-electron chi connectivity index (χ1n) is 12.1. The fourth-order valence-electron chi connectivity index (χ4n) is 4.34. The summed E-state index contributed by atoms with van der Waals surface area (Å²) in [6.45, 7) is 7.36. The van der Waals surface area contributed by atoms with Gasteiger partial charge in [-0.3, -0.25) is 0 Å². The predicted molar refractivity (Wildman–Crippen MR) is 150 cm³/mol. The van der Waals surface area contributed by atoms with Crippen LogP contribution in [-0.2, 0) is 7.05 Å². The molecule has 3 aromatic heterocycles. The zero-order valence-corrected chi connectivity index (χ0v) is 21.7. The molecular weight excluding hydrogens is 492 g/mol. The van der Waals surface area contributed by atoms with Gasteiger partial charge in [0.25, 0.3) is 0 Å². The summed E-state index contributed by atoms with van der Waals surface area (Å²) >= 11 is 0. The Morgan fingerprint density at radius 2 is 1.87 bits per heavy atom. The van der Waals surface area contributed by atoms with Gasteiger partial charge in [-0.2, -0.15) is 5.26 Å². The van der Waals surface area contributed by atoms with E-state index in [0.717, 1.165) is 33.8 Å². The van der Waals surface area contributed by atoms with E-state index < -0.39 is 6.23 Å². The van der Waals surface area contributed by atoms with Crippen molar-refractivity contribution >= 4 is 22.5 Å². The average Bonchev–Trinajstić information content (AvgIpc) is 3.22. The third-order valence-corrected chi connectivity index (χ3v) is 6.29. The number of aliphatic hydroxyl groups is 1. The summed E-state index contributed by atoms with van der Waals surface area (Å²) in [7, 11) is 1.91. The van der Waals surface area contributed by atoms with Gasteiger partial charge in [0.15, 0.2) is 0 Å². The summed E-state index contributed by atoms with van der Waals surface area (Å²) in [6, 6.07) is 17.1. The number of ether oxygens (including phenoxy) is 1. The Hall–Kier alpha value is -5.27. The number of anilines is 2. The minimum atomic E-state index is -0.852. The Kier molecular flexibility index (Phi) is 6.66. The molecule has 0 radical (unpaired) electrons. The molecule has 3 heterocycles. The van der Waals surface area contributed by atoms with Crippen molar-refractivity contribution in [3.8, 4) is 40.2 Å². The quantitative estimate of drug-likeness (QED) is 0.201. The molecule has 0 saturated carbocycles. The molecule has 5 aromatic rings. The molecule has 10 heteroatoms.